The molecule has 3 aromatic rings. The van der Waals surface area contributed by atoms with Crippen LogP contribution in [0.3, 0.4) is 0 Å². The van der Waals surface area contributed by atoms with E-state index in [2.05, 4.69) is 35.6 Å². The lowest BCUT2D eigenvalue weighted by Gasteiger charge is -2.08. The van der Waals surface area contributed by atoms with Gasteiger partial charge in [0, 0.05) is 37.4 Å². The van der Waals surface area contributed by atoms with E-state index in [-0.39, 0.29) is 6.10 Å². The maximum absolute atomic E-state index is 8.78. The lowest BCUT2D eigenvalue weighted by Crippen LogP contribution is -2.15. The Bertz CT molecular complexity index is 903. The molecule has 3 rings (SSSR count). The third-order valence-electron chi connectivity index (χ3n) is 4.86. The third kappa shape index (κ3) is 8.43. The van der Waals surface area contributed by atoms with Crippen LogP contribution in [0.15, 0.2) is 54.7 Å². The summed E-state index contributed by atoms with van der Waals surface area (Å²) in [5.74, 6) is 1.73. The molecule has 2 N–H and O–H groups in total. The minimum absolute atomic E-state index is 0.113. The fourth-order valence-corrected chi connectivity index (χ4v) is 3.13. The summed E-state index contributed by atoms with van der Waals surface area (Å²) in [6.07, 6.45) is 3.86. The Labute approximate surface area is 191 Å². The monoisotopic (exact) mass is 460 g/mol. The van der Waals surface area contributed by atoms with E-state index < -0.39 is 11.3 Å². The van der Waals surface area contributed by atoms with Crippen molar-refractivity contribution in [3.8, 4) is 11.5 Å². The van der Waals surface area contributed by atoms with E-state index in [0.29, 0.717) is 0 Å². The number of nitrogens with two attached hydrogens (primary N) is 1. The van der Waals surface area contributed by atoms with Crippen molar-refractivity contribution >= 4 is 11.3 Å². The molecule has 0 radical (unpaired) electrons. The highest BCUT2D eigenvalue weighted by atomic mass is 32.2. The summed E-state index contributed by atoms with van der Waals surface area (Å²) in [4.78, 5) is 0. The fourth-order valence-electron chi connectivity index (χ4n) is 3.13. The van der Waals surface area contributed by atoms with Crippen molar-refractivity contribution in [3.63, 3.8) is 0 Å². The first-order valence-corrected chi connectivity index (χ1v) is 11.2. The first kappa shape index (κ1) is 25.5. The topological polar surface area (TPSA) is 112 Å². The van der Waals surface area contributed by atoms with Crippen molar-refractivity contribution in [1.29, 1.82) is 0 Å². The molecule has 2 atom stereocenters. The number of methoxy groups -OCH3 is 3. The molecule has 0 saturated carbocycles. The van der Waals surface area contributed by atoms with E-state index in [1.165, 1.54) is 16.7 Å². The fraction of sp³-hybridized carbons (Fsp3) is 0.348. The lowest BCUT2D eigenvalue weighted by atomic mass is 10.0. The molecule has 9 heteroatoms. The number of hydrogen-bond acceptors (Lipinski definition) is 6. The van der Waals surface area contributed by atoms with E-state index in [0.717, 1.165) is 36.6 Å². The molecule has 2 aromatic carbocycles. The number of rotatable bonds is 9. The Morgan fingerprint density at radius 2 is 1.44 bits per heavy atom. The van der Waals surface area contributed by atoms with Gasteiger partial charge >= 0.3 is 0 Å². The second-order valence-electron chi connectivity index (χ2n) is 7.18. The normalized spacial score (nSPS) is 12.4. The summed E-state index contributed by atoms with van der Waals surface area (Å²) in [5, 5.41) is 8.87. The van der Waals surface area contributed by atoms with E-state index in [4.69, 9.17) is 28.1 Å². The Hall–Kier alpha value is -2.72. The van der Waals surface area contributed by atoms with Crippen LogP contribution in [0.1, 0.15) is 29.3 Å². The van der Waals surface area contributed by atoms with E-state index >= 15 is 0 Å². The summed E-state index contributed by atoms with van der Waals surface area (Å²) in [6.45, 7) is 2.78. The van der Waals surface area contributed by atoms with Crippen molar-refractivity contribution < 1.29 is 23.0 Å². The van der Waals surface area contributed by atoms with Crippen LogP contribution < -0.4 is 14.6 Å². The zero-order chi connectivity index (χ0) is 23.5. The molecule has 0 aliphatic carbocycles. The highest BCUT2D eigenvalue weighted by molar-refractivity contribution is 7.76. The number of aromatic nitrogens is 2. The maximum atomic E-state index is 8.78. The standard InChI is InChI=1S/C23H28N2O3.H3NO2S/c1-17(26-2)15-25-16-20(13-18-5-9-21(27-3)10-6-18)23(24-25)14-19-7-11-22(28-4)12-8-19;1-4(2)3/h5-12,16-17H,13-15H2,1-4H3;1H2,(H,2,3)/p-1/t17-;/m1./s1. The van der Waals surface area contributed by atoms with Gasteiger partial charge in [-0.05, 0) is 47.9 Å². The number of ether oxygens (including phenoxy) is 3. The minimum atomic E-state index is -2.36. The molecule has 0 saturated heterocycles. The minimum Gasteiger partial charge on any atom is -0.760 e. The number of benzene rings is 2. The Morgan fingerprint density at radius 3 is 1.88 bits per heavy atom. The average Bonchev–Trinajstić information content (AvgIpc) is 3.14. The molecule has 0 fully saturated rings. The first-order valence-electron chi connectivity index (χ1n) is 10.0. The molecule has 32 heavy (non-hydrogen) atoms. The molecule has 1 heterocycles. The summed E-state index contributed by atoms with van der Waals surface area (Å²) >= 11 is -2.36. The molecule has 0 bridgehead atoms. The molecular weight excluding hydrogens is 430 g/mol. The van der Waals surface area contributed by atoms with Crippen LogP contribution in [0.5, 0.6) is 11.5 Å². The van der Waals surface area contributed by atoms with Gasteiger partial charge in [-0.3, -0.25) is 14.0 Å². The van der Waals surface area contributed by atoms with E-state index in [9.17, 15) is 0 Å². The Morgan fingerprint density at radius 1 is 0.969 bits per heavy atom. The SMILES string of the molecule is COc1ccc(Cc2cn(C[C@@H](C)OC)nc2Cc2ccc(OC)cc2)cc1.NS(=O)[O-]. The molecular formula is C23H30N3O5S-. The van der Waals surface area contributed by atoms with Crippen LogP contribution in [0.25, 0.3) is 0 Å². The molecule has 0 aliphatic heterocycles. The highest BCUT2D eigenvalue weighted by Crippen LogP contribution is 2.21. The maximum Gasteiger partial charge on any atom is 0.118 e. The zero-order valence-corrected chi connectivity index (χ0v) is 19.6. The molecule has 0 amide bonds. The summed E-state index contributed by atoms with van der Waals surface area (Å²) in [5.41, 5.74) is 4.76. The molecule has 1 unspecified atom stereocenters. The summed E-state index contributed by atoms with van der Waals surface area (Å²) < 4.78 is 35.5. The lowest BCUT2D eigenvalue weighted by molar-refractivity contribution is 0.0997. The van der Waals surface area contributed by atoms with Crippen LogP contribution in [-0.4, -0.2) is 46.0 Å². The van der Waals surface area contributed by atoms with Crippen LogP contribution in [0.2, 0.25) is 0 Å². The molecule has 0 spiro atoms. The molecule has 0 aliphatic rings. The van der Waals surface area contributed by atoms with Gasteiger partial charge in [-0.1, -0.05) is 24.3 Å². The van der Waals surface area contributed by atoms with Crippen molar-refractivity contribution in [2.75, 3.05) is 21.3 Å². The van der Waals surface area contributed by atoms with Gasteiger partial charge in [0.2, 0.25) is 0 Å². The predicted octanol–water partition coefficient (Wildman–Crippen LogP) is 2.86. The highest BCUT2D eigenvalue weighted by Gasteiger charge is 2.13. The van der Waals surface area contributed by atoms with Crippen molar-refractivity contribution in [1.82, 2.24) is 9.78 Å². The predicted molar refractivity (Wildman–Crippen MR) is 123 cm³/mol. The van der Waals surface area contributed by atoms with Gasteiger partial charge in [0.1, 0.15) is 11.5 Å². The van der Waals surface area contributed by atoms with Gasteiger partial charge in [0.05, 0.1) is 32.6 Å². The molecule has 8 nitrogen and oxygen atoms in total. The summed E-state index contributed by atoms with van der Waals surface area (Å²) in [7, 11) is 5.09. The quantitative estimate of drug-likeness (QED) is 0.492. The van der Waals surface area contributed by atoms with Crippen molar-refractivity contribution in [3.05, 3.63) is 77.1 Å². The molecule has 1 aromatic heterocycles. The molecule has 174 valence electrons. The van der Waals surface area contributed by atoms with Crippen LogP contribution in [0.4, 0.5) is 0 Å². The summed E-state index contributed by atoms with van der Waals surface area (Å²) in [6, 6.07) is 16.4. The van der Waals surface area contributed by atoms with Crippen LogP contribution >= 0.6 is 0 Å². The average molecular weight is 461 g/mol. The number of hydrogen-bond donors (Lipinski definition) is 1. The smallest absolute Gasteiger partial charge is 0.118 e. The van der Waals surface area contributed by atoms with Crippen LogP contribution in [-0.2, 0) is 35.4 Å². The van der Waals surface area contributed by atoms with Gasteiger partial charge in [-0.2, -0.15) is 5.10 Å². The van der Waals surface area contributed by atoms with E-state index in [1.807, 2.05) is 35.9 Å². The van der Waals surface area contributed by atoms with Gasteiger partial charge < -0.3 is 18.8 Å². The second-order valence-corrected chi connectivity index (χ2v) is 7.70. The van der Waals surface area contributed by atoms with Crippen molar-refractivity contribution in [2.45, 2.75) is 32.4 Å². The van der Waals surface area contributed by atoms with Crippen LogP contribution in [0, 0.1) is 0 Å². The second kappa shape index (κ2) is 13.0. The zero-order valence-electron chi connectivity index (χ0n) is 18.8. The third-order valence-corrected chi connectivity index (χ3v) is 4.86. The van der Waals surface area contributed by atoms with Crippen molar-refractivity contribution in [2.24, 2.45) is 5.14 Å². The van der Waals surface area contributed by atoms with E-state index in [1.54, 1.807) is 21.3 Å². The van der Waals surface area contributed by atoms with Gasteiger partial charge in [-0.15, -0.1) is 0 Å². The van der Waals surface area contributed by atoms with Gasteiger partial charge in [0.25, 0.3) is 0 Å². The largest absolute Gasteiger partial charge is 0.760 e. The Balaban J connectivity index is 0.000000837. The number of nitrogens with zero attached hydrogens (tertiary/aromatic N) is 2. The van der Waals surface area contributed by atoms with Gasteiger partial charge in [0.15, 0.2) is 0 Å². The Kier molecular flexibility index (Phi) is 10.4. The van der Waals surface area contributed by atoms with Gasteiger partial charge in [-0.25, -0.2) is 0 Å². The first-order chi connectivity index (χ1) is 15.3.